The molecular weight excluding hydrogens is 563 g/mol. The van der Waals surface area contributed by atoms with Gasteiger partial charge in [-0.15, -0.1) is 0 Å². The second-order valence-electron chi connectivity index (χ2n) is 7.78. The van der Waals surface area contributed by atoms with Crippen molar-refractivity contribution in [1.29, 1.82) is 0 Å². The Bertz CT molecular complexity index is 1270. The van der Waals surface area contributed by atoms with Gasteiger partial charge in [0.15, 0.2) is 11.5 Å². The van der Waals surface area contributed by atoms with E-state index in [1.54, 1.807) is 29.2 Å². The van der Waals surface area contributed by atoms with Gasteiger partial charge in [0.2, 0.25) is 13.1 Å². The van der Waals surface area contributed by atoms with Gasteiger partial charge in [0, 0.05) is 29.4 Å². The first kappa shape index (κ1) is 23.3. The van der Waals surface area contributed by atoms with Crippen LogP contribution in [0.1, 0.15) is 18.4 Å². The van der Waals surface area contributed by atoms with E-state index in [1.807, 2.05) is 6.92 Å². The molecule has 1 saturated heterocycles. The molecule has 1 amide bonds. The van der Waals surface area contributed by atoms with Crippen LogP contribution in [0.5, 0.6) is 0 Å². The van der Waals surface area contributed by atoms with Gasteiger partial charge in [-0.1, -0.05) is 17.7 Å². The third-order valence-electron chi connectivity index (χ3n) is 5.60. The largest absolute Gasteiger partial charge is 0.369 e. The summed E-state index contributed by atoms with van der Waals surface area (Å²) in [5.74, 6) is 0.413. The fraction of sp³-hybridized carbons (Fsp3) is 0.350. The normalized spacial score (nSPS) is 15.3. The molecule has 0 unspecified atom stereocenters. The van der Waals surface area contributed by atoms with E-state index in [0.717, 1.165) is 22.4 Å². The molecule has 12 heteroatoms. The van der Waals surface area contributed by atoms with Crippen molar-refractivity contribution >= 4 is 74.7 Å². The van der Waals surface area contributed by atoms with Crippen molar-refractivity contribution in [2.24, 2.45) is 5.92 Å². The molecule has 1 aliphatic rings. The summed E-state index contributed by atoms with van der Waals surface area (Å²) in [5, 5.41) is 3.87. The molecular formula is C20H20BClIN5O3S. The van der Waals surface area contributed by atoms with E-state index in [4.69, 9.17) is 19.4 Å². The molecule has 1 fully saturated rings. The van der Waals surface area contributed by atoms with Gasteiger partial charge in [0.25, 0.3) is 10.0 Å². The molecule has 0 atom stereocenters. The predicted octanol–water partition coefficient (Wildman–Crippen LogP) is 3.65. The van der Waals surface area contributed by atoms with Crippen LogP contribution in [-0.4, -0.2) is 60.5 Å². The molecule has 0 bridgehead atoms. The molecule has 2 aromatic heterocycles. The first-order chi connectivity index (χ1) is 15.2. The van der Waals surface area contributed by atoms with E-state index >= 15 is 0 Å². The molecule has 0 saturated carbocycles. The number of hydrogen-bond donors (Lipinski definition) is 1. The van der Waals surface area contributed by atoms with E-state index in [-0.39, 0.29) is 15.8 Å². The number of aryl methyl sites for hydroxylation is 1. The number of carbonyl (C=O) groups excluding carboxylic acids is 1. The summed E-state index contributed by atoms with van der Waals surface area (Å²) in [7, 11) is 1.49. The van der Waals surface area contributed by atoms with Gasteiger partial charge in [0.1, 0.15) is 5.82 Å². The molecule has 2 radical (unpaired) electrons. The predicted molar refractivity (Wildman–Crippen MR) is 133 cm³/mol. The fourth-order valence-electron chi connectivity index (χ4n) is 3.76. The van der Waals surface area contributed by atoms with Crippen LogP contribution in [0.4, 0.5) is 10.6 Å². The number of anilines is 1. The number of hydrogen-bond acceptors (Lipinski definition) is 6. The monoisotopic (exact) mass is 583 g/mol. The lowest BCUT2D eigenvalue weighted by Gasteiger charge is -2.31. The Labute approximate surface area is 206 Å². The molecule has 166 valence electrons. The summed E-state index contributed by atoms with van der Waals surface area (Å²) in [4.78, 5) is 21.7. The zero-order chi connectivity index (χ0) is 23.0. The zero-order valence-electron chi connectivity index (χ0n) is 17.3. The van der Waals surface area contributed by atoms with Gasteiger partial charge in [0.05, 0.1) is 10.3 Å². The van der Waals surface area contributed by atoms with Crippen LogP contribution in [0.15, 0.2) is 35.4 Å². The van der Waals surface area contributed by atoms with Gasteiger partial charge < -0.3 is 10.2 Å². The molecule has 1 N–H and O–H groups in total. The van der Waals surface area contributed by atoms with Gasteiger partial charge >= 0.3 is 0 Å². The Morgan fingerprint density at radius 1 is 1.25 bits per heavy atom. The third kappa shape index (κ3) is 4.60. The number of nitrogens with zero attached hydrogens (tertiary/aromatic N) is 4. The van der Waals surface area contributed by atoms with E-state index in [0.29, 0.717) is 40.3 Å². The first-order valence-corrected chi connectivity index (χ1v) is 12.9. The molecule has 8 nitrogen and oxygen atoms in total. The fourth-order valence-corrected chi connectivity index (χ4v) is 6.20. The number of fused-ring (bicyclic) bond motifs is 1. The second kappa shape index (κ2) is 9.18. The van der Waals surface area contributed by atoms with Crippen molar-refractivity contribution < 1.29 is 13.2 Å². The highest BCUT2D eigenvalue weighted by Crippen LogP contribution is 2.32. The third-order valence-corrected chi connectivity index (χ3v) is 8.25. The molecule has 3 aromatic rings. The molecule has 0 spiro atoms. The summed E-state index contributed by atoms with van der Waals surface area (Å²) in [6.45, 7) is 3.74. The van der Waals surface area contributed by atoms with Crippen LogP contribution in [0.2, 0.25) is 5.28 Å². The maximum atomic E-state index is 13.3. The van der Waals surface area contributed by atoms with E-state index in [1.165, 1.54) is 6.20 Å². The Hall–Kier alpha value is -1.86. The second-order valence-corrected chi connectivity index (χ2v) is 11.1. The Kier molecular flexibility index (Phi) is 6.69. The van der Waals surface area contributed by atoms with Crippen molar-refractivity contribution in [3.8, 4) is 0 Å². The number of halogens is 2. The Morgan fingerprint density at radius 3 is 2.53 bits per heavy atom. The van der Waals surface area contributed by atoms with Crippen LogP contribution < -0.4 is 5.32 Å². The smallest absolute Gasteiger partial charge is 0.269 e. The Morgan fingerprint density at radius 2 is 1.91 bits per heavy atom. The average molecular weight is 584 g/mol. The summed E-state index contributed by atoms with van der Waals surface area (Å²) < 4.78 is 28.4. The number of nitrogens with one attached hydrogen (secondary N) is 1. The standard InChI is InChI=1S/C20H20BClIN5O3S/c1-12-2-4-14(5-3-12)32(30,31)28-11-15(23)16-17(25-20(22)26-18(16)28)24-10-13-6-8-27(9-7-13)19(21)29/h2-5,11,13H,6-10H2,1H3,(H,24,25,26). The number of aromatic nitrogens is 3. The summed E-state index contributed by atoms with van der Waals surface area (Å²) in [6.07, 6.45) is 3.16. The molecule has 32 heavy (non-hydrogen) atoms. The number of piperidine rings is 1. The van der Waals surface area contributed by atoms with Crippen LogP contribution >= 0.6 is 34.2 Å². The molecule has 1 aliphatic heterocycles. The van der Waals surface area contributed by atoms with Crippen LogP contribution in [0.25, 0.3) is 11.0 Å². The minimum absolute atomic E-state index is 0.0431. The topological polar surface area (TPSA) is 97.2 Å². The van der Waals surface area contributed by atoms with Gasteiger partial charge in [-0.05, 0) is 72.0 Å². The molecule has 1 aromatic carbocycles. The van der Waals surface area contributed by atoms with Crippen molar-refractivity contribution in [2.45, 2.75) is 24.7 Å². The van der Waals surface area contributed by atoms with Gasteiger partial charge in [-0.25, -0.2) is 17.4 Å². The van der Waals surface area contributed by atoms with Crippen molar-refractivity contribution in [2.75, 3.05) is 25.0 Å². The summed E-state index contributed by atoms with van der Waals surface area (Å²) in [6, 6.07) is 6.65. The SMILES string of the molecule is [B]C(=O)N1CCC(CNc2nc(Cl)nc3c2c(I)cn3S(=O)(=O)c2ccc(C)cc2)CC1. The molecule has 3 heterocycles. The maximum Gasteiger partial charge on any atom is 0.269 e. The molecule has 0 aliphatic carbocycles. The van der Waals surface area contributed by atoms with Gasteiger partial charge in [-0.3, -0.25) is 4.79 Å². The lowest BCUT2D eigenvalue weighted by Crippen LogP contribution is -2.39. The zero-order valence-corrected chi connectivity index (χ0v) is 21.0. The lowest BCUT2D eigenvalue weighted by molar-refractivity contribution is 0.194. The number of benzene rings is 1. The highest BCUT2D eigenvalue weighted by Gasteiger charge is 2.25. The molecule has 4 rings (SSSR count). The number of likely N-dealkylation sites (tertiary alicyclic amines) is 1. The number of amides is 1. The number of rotatable bonds is 5. The van der Waals surface area contributed by atoms with Crippen molar-refractivity contribution in [3.63, 3.8) is 0 Å². The quantitative estimate of drug-likeness (QED) is 0.280. The van der Waals surface area contributed by atoms with E-state index in [2.05, 4.69) is 37.9 Å². The van der Waals surface area contributed by atoms with Crippen LogP contribution in [0.3, 0.4) is 0 Å². The van der Waals surface area contributed by atoms with Crippen LogP contribution in [0, 0.1) is 16.4 Å². The maximum absolute atomic E-state index is 13.3. The van der Waals surface area contributed by atoms with Crippen LogP contribution in [-0.2, 0) is 10.0 Å². The van der Waals surface area contributed by atoms with Crippen molar-refractivity contribution in [1.82, 2.24) is 18.8 Å². The minimum atomic E-state index is -3.86. The highest BCUT2D eigenvalue weighted by atomic mass is 127. The van der Waals surface area contributed by atoms with Crippen molar-refractivity contribution in [3.05, 3.63) is 44.9 Å². The average Bonchev–Trinajstić information content (AvgIpc) is 3.09. The highest BCUT2D eigenvalue weighted by molar-refractivity contribution is 14.1. The number of carbonyl (C=O) groups is 1. The van der Waals surface area contributed by atoms with E-state index in [9.17, 15) is 13.2 Å². The van der Waals surface area contributed by atoms with E-state index < -0.39 is 15.8 Å². The lowest BCUT2D eigenvalue weighted by atomic mass is 9.95. The van der Waals surface area contributed by atoms with Gasteiger partial charge in [-0.2, -0.15) is 4.98 Å². The first-order valence-electron chi connectivity index (χ1n) is 10.0. The summed E-state index contributed by atoms with van der Waals surface area (Å²) >= 11 is 8.25. The Balaban J connectivity index is 1.64. The minimum Gasteiger partial charge on any atom is -0.369 e. The summed E-state index contributed by atoms with van der Waals surface area (Å²) in [5.41, 5.74) is 1.19.